The van der Waals surface area contributed by atoms with Crippen molar-refractivity contribution in [2.24, 2.45) is 0 Å². The van der Waals surface area contributed by atoms with E-state index in [0.717, 1.165) is 5.56 Å². The fourth-order valence-electron chi connectivity index (χ4n) is 1.01. The summed E-state index contributed by atoms with van der Waals surface area (Å²) in [6.07, 6.45) is 0. The van der Waals surface area contributed by atoms with Crippen LogP contribution in [0.3, 0.4) is 0 Å². The summed E-state index contributed by atoms with van der Waals surface area (Å²) in [5, 5.41) is 4.66. The number of likely N-dealkylation sites (N-methyl/N-ethyl adjacent to an activating group) is 1. The fourth-order valence-corrected chi connectivity index (χ4v) is 3.50. The lowest BCUT2D eigenvalue weighted by Gasteiger charge is -2.04. The van der Waals surface area contributed by atoms with Crippen molar-refractivity contribution in [2.45, 2.75) is 11.1 Å². The van der Waals surface area contributed by atoms with Crippen LogP contribution in [0.4, 0.5) is 0 Å². The molecule has 1 aromatic rings. The summed E-state index contributed by atoms with van der Waals surface area (Å²) in [5.41, 5.74) is 0.798. The molecule has 0 aliphatic carbocycles. The van der Waals surface area contributed by atoms with Gasteiger partial charge >= 0.3 is 0 Å². The van der Waals surface area contributed by atoms with E-state index in [1.54, 1.807) is 25.4 Å². The fraction of sp³-hybridized carbons (Fsp3) is 0.500. The molecule has 0 saturated heterocycles. The molecule has 0 aliphatic heterocycles. The zero-order valence-electron chi connectivity index (χ0n) is 8.20. The minimum absolute atomic E-state index is 0.411. The van der Waals surface area contributed by atoms with Gasteiger partial charge in [0.15, 0.2) is 0 Å². The first-order valence-corrected chi connectivity index (χ1v) is 6.62. The Morgan fingerprint density at radius 2 is 2.14 bits per heavy atom. The Bertz CT molecular complexity index is 384. The van der Waals surface area contributed by atoms with Gasteiger partial charge < -0.3 is 5.32 Å². The number of rotatable bonds is 5. The molecule has 14 heavy (non-hydrogen) atoms. The molecule has 0 radical (unpaired) electrons. The van der Waals surface area contributed by atoms with E-state index in [1.807, 2.05) is 0 Å². The Balaban J connectivity index is 2.72. The second kappa shape index (κ2) is 4.88. The molecule has 4 nitrogen and oxygen atoms in total. The lowest BCUT2D eigenvalue weighted by Crippen LogP contribution is -2.30. The van der Waals surface area contributed by atoms with Crippen molar-refractivity contribution in [3.63, 3.8) is 0 Å². The smallest absolute Gasteiger partial charge is 0.250 e. The van der Waals surface area contributed by atoms with Crippen molar-refractivity contribution in [2.75, 3.05) is 20.1 Å². The van der Waals surface area contributed by atoms with Gasteiger partial charge in [-0.1, -0.05) is 0 Å². The predicted molar refractivity (Wildman–Crippen MR) is 58.2 cm³/mol. The number of sulfonamides is 1. The molecule has 80 valence electrons. The minimum Gasteiger partial charge on any atom is -0.318 e. The maximum atomic E-state index is 11.7. The first-order valence-electron chi connectivity index (χ1n) is 4.26. The van der Waals surface area contributed by atoms with Crippen LogP contribution < -0.4 is 10.0 Å². The van der Waals surface area contributed by atoms with E-state index in [0.29, 0.717) is 17.3 Å². The van der Waals surface area contributed by atoms with Gasteiger partial charge in [-0.25, -0.2) is 13.1 Å². The van der Waals surface area contributed by atoms with Gasteiger partial charge in [0.05, 0.1) is 0 Å². The summed E-state index contributed by atoms with van der Waals surface area (Å²) in [6.45, 7) is 2.84. The van der Waals surface area contributed by atoms with Gasteiger partial charge in [0.2, 0.25) is 10.0 Å². The van der Waals surface area contributed by atoms with Crippen LogP contribution in [0.15, 0.2) is 15.7 Å². The largest absolute Gasteiger partial charge is 0.318 e. The quantitative estimate of drug-likeness (QED) is 0.732. The molecule has 0 unspecified atom stereocenters. The number of aryl methyl sites for hydroxylation is 1. The van der Waals surface area contributed by atoms with Crippen LogP contribution in [-0.4, -0.2) is 28.6 Å². The SMILES string of the molecule is CNCCNS(=O)(=O)c1sccc1C. The monoisotopic (exact) mass is 234 g/mol. The third-order valence-electron chi connectivity index (χ3n) is 1.73. The zero-order valence-corrected chi connectivity index (χ0v) is 9.83. The predicted octanol–water partition coefficient (Wildman–Crippen LogP) is 0.554. The number of hydrogen-bond donors (Lipinski definition) is 2. The number of thiophene rings is 1. The van der Waals surface area contributed by atoms with Gasteiger partial charge in [-0.2, -0.15) is 0 Å². The highest BCUT2D eigenvalue weighted by molar-refractivity contribution is 7.91. The lowest BCUT2D eigenvalue weighted by atomic mass is 10.4. The van der Waals surface area contributed by atoms with Crippen LogP contribution >= 0.6 is 11.3 Å². The van der Waals surface area contributed by atoms with Crippen LogP contribution in [0.5, 0.6) is 0 Å². The molecule has 0 atom stereocenters. The Hall–Kier alpha value is -0.430. The maximum absolute atomic E-state index is 11.7. The molecule has 0 spiro atoms. The summed E-state index contributed by atoms with van der Waals surface area (Å²) >= 11 is 1.24. The van der Waals surface area contributed by atoms with E-state index in [-0.39, 0.29) is 0 Å². The topological polar surface area (TPSA) is 58.2 Å². The highest BCUT2D eigenvalue weighted by Crippen LogP contribution is 2.20. The van der Waals surface area contributed by atoms with Crippen molar-refractivity contribution in [1.82, 2.24) is 10.0 Å². The third-order valence-corrected chi connectivity index (χ3v) is 4.88. The van der Waals surface area contributed by atoms with Crippen molar-refractivity contribution in [3.8, 4) is 0 Å². The summed E-state index contributed by atoms with van der Waals surface area (Å²) in [5.74, 6) is 0. The van der Waals surface area contributed by atoms with E-state index < -0.39 is 10.0 Å². The van der Waals surface area contributed by atoms with Crippen molar-refractivity contribution in [1.29, 1.82) is 0 Å². The molecule has 1 aromatic heterocycles. The Kier molecular flexibility index (Phi) is 4.06. The molecule has 1 rings (SSSR count). The number of nitrogens with one attached hydrogen (secondary N) is 2. The molecular weight excluding hydrogens is 220 g/mol. The summed E-state index contributed by atoms with van der Waals surface area (Å²) in [4.78, 5) is 0. The lowest BCUT2D eigenvalue weighted by molar-refractivity contribution is 0.581. The molecule has 0 aliphatic rings. The van der Waals surface area contributed by atoms with Crippen LogP contribution in [-0.2, 0) is 10.0 Å². The molecule has 0 saturated carbocycles. The summed E-state index contributed by atoms with van der Waals surface area (Å²) in [6, 6.07) is 1.80. The Labute approximate surface area is 88.4 Å². The highest BCUT2D eigenvalue weighted by atomic mass is 32.2. The van der Waals surface area contributed by atoms with E-state index >= 15 is 0 Å². The molecule has 1 heterocycles. The standard InChI is InChI=1S/C8H14N2O2S2/c1-7-3-6-13-8(7)14(11,12)10-5-4-9-2/h3,6,9-10H,4-5H2,1-2H3. The molecule has 0 amide bonds. The van der Waals surface area contributed by atoms with Crippen molar-refractivity contribution >= 4 is 21.4 Å². The van der Waals surface area contributed by atoms with Gasteiger partial charge in [0, 0.05) is 13.1 Å². The average molecular weight is 234 g/mol. The molecule has 0 fully saturated rings. The normalized spacial score (nSPS) is 11.9. The van der Waals surface area contributed by atoms with Gasteiger partial charge in [0.25, 0.3) is 0 Å². The molecule has 6 heteroatoms. The van der Waals surface area contributed by atoms with Crippen LogP contribution in [0.1, 0.15) is 5.56 Å². The maximum Gasteiger partial charge on any atom is 0.250 e. The van der Waals surface area contributed by atoms with E-state index in [2.05, 4.69) is 10.0 Å². The van der Waals surface area contributed by atoms with Gasteiger partial charge in [-0.05, 0) is 31.0 Å². The summed E-state index contributed by atoms with van der Waals surface area (Å²) in [7, 11) is -1.51. The highest BCUT2D eigenvalue weighted by Gasteiger charge is 2.16. The molecule has 0 aromatic carbocycles. The van der Waals surface area contributed by atoms with Gasteiger partial charge in [0.1, 0.15) is 4.21 Å². The summed E-state index contributed by atoms with van der Waals surface area (Å²) < 4.78 is 26.3. The first-order chi connectivity index (χ1) is 6.58. The first kappa shape index (κ1) is 11.6. The minimum atomic E-state index is -3.29. The van der Waals surface area contributed by atoms with Gasteiger partial charge in [-0.15, -0.1) is 11.3 Å². The third kappa shape index (κ3) is 2.78. The second-order valence-corrected chi connectivity index (χ2v) is 5.77. The number of hydrogen-bond acceptors (Lipinski definition) is 4. The van der Waals surface area contributed by atoms with E-state index in [9.17, 15) is 8.42 Å². The Morgan fingerprint density at radius 1 is 1.43 bits per heavy atom. The van der Waals surface area contributed by atoms with Gasteiger partial charge in [-0.3, -0.25) is 0 Å². The molecular formula is C8H14N2O2S2. The molecule has 0 bridgehead atoms. The second-order valence-electron chi connectivity index (χ2n) is 2.89. The Morgan fingerprint density at radius 3 is 2.64 bits per heavy atom. The van der Waals surface area contributed by atoms with E-state index in [4.69, 9.17) is 0 Å². The van der Waals surface area contributed by atoms with Crippen LogP contribution in [0.2, 0.25) is 0 Å². The van der Waals surface area contributed by atoms with Crippen molar-refractivity contribution in [3.05, 3.63) is 17.0 Å². The average Bonchev–Trinajstić information content (AvgIpc) is 2.52. The van der Waals surface area contributed by atoms with Crippen LogP contribution in [0.25, 0.3) is 0 Å². The van der Waals surface area contributed by atoms with Crippen molar-refractivity contribution < 1.29 is 8.42 Å². The van der Waals surface area contributed by atoms with E-state index in [1.165, 1.54) is 11.3 Å². The molecule has 2 N–H and O–H groups in total. The van der Waals surface area contributed by atoms with Crippen LogP contribution in [0, 0.1) is 6.92 Å². The zero-order chi connectivity index (χ0) is 10.6.